The van der Waals surface area contributed by atoms with Crippen LogP contribution < -0.4 is 5.73 Å². The van der Waals surface area contributed by atoms with Crippen molar-refractivity contribution in [3.05, 3.63) is 61.6 Å². The second-order valence-electron chi connectivity index (χ2n) is 6.26. The number of aryl methyl sites for hydroxylation is 1. The summed E-state index contributed by atoms with van der Waals surface area (Å²) < 4.78 is 16.2. The van der Waals surface area contributed by atoms with E-state index < -0.39 is 17.7 Å². The molecule has 0 spiro atoms. The van der Waals surface area contributed by atoms with Gasteiger partial charge < -0.3 is 10.8 Å². The van der Waals surface area contributed by atoms with Crippen molar-refractivity contribution in [1.29, 1.82) is 0 Å². The molecule has 0 atom stereocenters. The van der Waals surface area contributed by atoms with E-state index in [2.05, 4.69) is 9.97 Å². The molecule has 4 aromatic rings. The van der Waals surface area contributed by atoms with Gasteiger partial charge in [0.25, 0.3) is 5.91 Å². The summed E-state index contributed by atoms with van der Waals surface area (Å²) in [5.74, 6) is -2.24. The number of carbonyl (C=O) groups excluding carboxylic acids is 1. The third kappa shape index (κ3) is 3.20. The average molecular weight is 465 g/mol. The Balaban J connectivity index is 2.16. The van der Waals surface area contributed by atoms with Gasteiger partial charge in [-0.2, -0.15) is 0 Å². The molecule has 0 unspecified atom stereocenters. The van der Waals surface area contributed by atoms with E-state index in [1.807, 2.05) is 0 Å². The molecule has 0 radical (unpaired) electrons. The molecule has 0 fully saturated rings. The van der Waals surface area contributed by atoms with E-state index in [1.54, 1.807) is 6.92 Å². The number of imidazole rings is 1. The first-order chi connectivity index (χ1) is 14.2. The summed E-state index contributed by atoms with van der Waals surface area (Å²) in [7, 11) is 0. The van der Waals surface area contributed by atoms with Crippen molar-refractivity contribution in [1.82, 2.24) is 14.5 Å². The zero-order valence-electron chi connectivity index (χ0n) is 15.1. The number of hydrogen-bond donors (Lipinski definition) is 2. The lowest BCUT2D eigenvalue weighted by atomic mass is 10.2. The zero-order chi connectivity index (χ0) is 21.7. The number of carboxylic acid groups (broad SMARTS) is 1. The van der Waals surface area contributed by atoms with Crippen LogP contribution in [-0.4, -0.2) is 31.5 Å². The summed E-state index contributed by atoms with van der Waals surface area (Å²) >= 11 is 13.7. The fourth-order valence-corrected chi connectivity index (χ4v) is 4.37. The molecule has 0 aliphatic heterocycles. The third-order valence-corrected chi connectivity index (χ3v) is 5.91. The molecule has 1 amide bonds. The molecule has 2 heterocycles. The van der Waals surface area contributed by atoms with Crippen LogP contribution in [0.25, 0.3) is 28.2 Å². The molecular weight excluding hydrogens is 454 g/mol. The molecule has 0 aliphatic carbocycles. The number of carbonyl (C=O) groups is 2. The number of nitrogens with zero attached hydrogens (tertiary/aromatic N) is 3. The van der Waals surface area contributed by atoms with Crippen LogP contribution in [0.1, 0.15) is 25.0 Å². The van der Waals surface area contributed by atoms with E-state index in [0.29, 0.717) is 10.4 Å². The lowest BCUT2D eigenvalue weighted by Crippen LogP contribution is -2.11. The summed E-state index contributed by atoms with van der Waals surface area (Å²) in [6, 6.07) is 6.74. The number of aromatic carboxylic acids is 1. The van der Waals surface area contributed by atoms with Crippen LogP contribution in [0.3, 0.4) is 0 Å². The molecule has 152 valence electrons. The van der Waals surface area contributed by atoms with Crippen LogP contribution in [0, 0.1) is 12.7 Å². The Morgan fingerprint density at radius 2 is 1.93 bits per heavy atom. The predicted octanol–water partition coefficient (Wildman–Crippen LogP) is 4.70. The maximum absolute atomic E-state index is 14.7. The number of thiazole rings is 1. The first kappa shape index (κ1) is 20.3. The standard InChI is InChI=1S/C19H11Cl2FN4O3S/c1-7-16(25-18(30-7)15(23)27)26-14-10(21)5-8(19(28)29)6-12(14)24-17(26)13-9(20)3-2-4-11(13)22/h2-6H,1H3,(H2,23,27)(H,28,29). The number of hydrogen-bond acceptors (Lipinski definition) is 5. The largest absolute Gasteiger partial charge is 0.478 e. The average Bonchev–Trinajstić information content (AvgIpc) is 3.22. The smallest absolute Gasteiger partial charge is 0.335 e. The minimum absolute atomic E-state index is 0.0173. The molecular formula is C19H11Cl2FN4O3S. The van der Waals surface area contributed by atoms with Gasteiger partial charge in [0.2, 0.25) is 0 Å². The van der Waals surface area contributed by atoms with Gasteiger partial charge in [-0.15, -0.1) is 11.3 Å². The van der Waals surface area contributed by atoms with E-state index in [4.69, 9.17) is 28.9 Å². The SMILES string of the molecule is Cc1sc(C(N)=O)nc1-n1c(-c2c(F)cccc2Cl)nc2cc(C(=O)O)cc(Cl)c21. The van der Waals surface area contributed by atoms with Gasteiger partial charge in [-0.25, -0.2) is 19.2 Å². The number of benzene rings is 2. The molecule has 2 aromatic carbocycles. The van der Waals surface area contributed by atoms with Gasteiger partial charge in [-0.1, -0.05) is 29.3 Å². The first-order valence-corrected chi connectivity index (χ1v) is 9.93. The molecule has 4 rings (SSSR count). The quantitative estimate of drug-likeness (QED) is 0.454. The van der Waals surface area contributed by atoms with Crippen molar-refractivity contribution in [2.24, 2.45) is 5.73 Å². The van der Waals surface area contributed by atoms with Crippen molar-refractivity contribution in [2.75, 3.05) is 0 Å². The van der Waals surface area contributed by atoms with Gasteiger partial charge in [0, 0.05) is 4.88 Å². The topological polar surface area (TPSA) is 111 Å². The van der Waals surface area contributed by atoms with Gasteiger partial charge in [0.15, 0.2) is 16.6 Å². The third-order valence-electron chi connectivity index (χ3n) is 4.33. The predicted molar refractivity (Wildman–Crippen MR) is 112 cm³/mol. The van der Waals surface area contributed by atoms with Gasteiger partial charge >= 0.3 is 5.97 Å². The molecule has 30 heavy (non-hydrogen) atoms. The highest BCUT2D eigenvalue weighted by Gasteiger charge is 2.26. The van der Waals surface area contributed by atoms with Crippen molar-refractivity contribution >= 4 is 57.4 Å². The maximum Gasteiger partial charge on any atom is 0.335 e. The highest BCUT2D eigenvalue weighted by Crippen LogP contribution is 2.38. The zero-order valence-corrected chi connectivity index (χ0v) is 17.4. The molecule has 3 N–H and O–H groups in total. The van der Waals surface area contributed by atoms with E-state index in [1.165, 1.54) is 34.9 Å². The van der Waals surface area contributed by atoms with Crippen LogP contribution in [0.4, 0.5) is 4.39 Å². The maximum atomic E-state index is 14.7. The number of primary amides is 1. The van der Waals surface area contributed by atoms with Gasteiger partial charge in [0.05, 0.1) is 32.2 Å². The second kappa shape index (κ2) is 7.35. The molecule has 0 bridgehead atoms. The molecule has 0 aliphatic rings. The molecule has 0 saturated heterocycles. The number of nitrogens with two attached hydrogens (primary N) is 1. The Morgan fingerprint density at radius 3 is 2.53 bits per heavy atom. The Bertz CT molecular complexity index is 1350. The summed E-state index contributed by atoms with van der Waals surface area (Å²) in [5, 5.41) is 9.54. The number of fused-ring (bicyclic) bond motifs is 1. The molecule has 0 saturated carbocycles. The van der Waals surface area contributed by atoms with E-state index in [9.17, 15) is 19.1 Å². The molecule has 2 aromatic heterocycles. The highest BCUT2D eigenvalue weighted by atomic mass is 35.5. The monoisotopic (exact) mass is 464 g/mol. The fraction of sp³-hybridized carbons (Fsp3) is 0.0526. The Hall–Kier alpha value is -3.01. The van der Waals surface area contributed by atoms with E-state index in [0.717, 1.165) is 11.3 Å². The van der Waals surface area contributed by atoms with Gasteiger partial charge in [-0.3, -0.25) is 9.36 Å². The van der Waals surface area contributed by atoms with Crippen molar-refractivity contribution < 1.29 is 19.1 Å². The second-order valence-corrected chi connectivity index (χ2v) is 8.28. The van der Waals surface area contributed by atoms with Crippen molar-refractivity contribution in [3.8, 4) is 17.2 Å². The summed E-state index contributed by atoms with van der Waals surface area (Å²) in [5.41, 5.74) is 5.74. The Morgan fingerprint density at radius 1 is 1.20 bits per heavy atom. The number of amides is 1. The first-order valence-electron chi connectivity index (χ1n) is 8.36. The Labute approximate surface area is 182 Å². The molecule has 7 nitrogen and oxygen atoms in total. The van der Waals surface area contributed by atoms with Crippen molar-refractivity contribution in [3.63, 3.8) is 0 Å². The lowest BCUT2D eigenvalue weighted by molar-refractivity contribution is 0.0696. The van der Waals surface area contributed by atoms with Crippen LogP contribution in [0.2, 0.25) is 10.0 Å². The number of halogens is 3. The minimum Gasteiger partial charge on any atom is -0.478 e. The number of carboxylic acids is 1. The normalized spacial score (nSPS) is 11.2. The number of aromatic nitrogens is 3. The highest BCUT2D eigenvalue weighted by molar-refractivity contribution is 7.13. The fourth-order valence-electron chi connectivity index (χ4n) is 3.07. The Kier molecular flexibility index (Phi) is 4.97. The minimum atomic E-state index is -1.19. The van der Waals surface area contributed by atoms with Crippen molar-refractivity contribution in [2.45, 2.75) is 6.92 Å². The molecule has 11 heteroatoms. The summed E-state index contributed by atoms with van der Waals surface area (Å²) in [6.07, 6.45) is 0. The van der Waals surface area contributed by atoms with Gasteiger partial charge in [-0.05, 0) is 31.2 Å². The van der Waals surface area contributed by atoms with Crippen LogP contribution in [-0.2, 0) is 0 Å². The lowest BCUT2D eigenvalue weighted by Gasteiger charge is -2.10. The van der Waals surface area contributed by atoms with E-state index >= 15 is 0 Å². The van der Waals surface area contributed by atoms with Crippen LogP contribution >= 0.6 is 34.5 Å². The van der Waals surface area contributed by atoms with Crippen LogP contribution in [0.5, 0.6) is 0 Å². The summed E-state index contributed by atoms with van der Waals surface area (Å²) in [4.78, 5) is 32.3. The van der Waals surface area contributed by atoms with Crippen LogP contribution in [0.15, 0.2) is 30.3 Å². The number of rotatable bonds is 4. The summed E-state index contributed by atoms with van der Waals surface area (Å²) in [6.45, 7) is 1.71. The van der Waals surface area contributed by atoms with E-state index in [-0.39, 0.29) is 43.3 Å². The van der Waals surface area contributed by atoms with Gasteiger partial charge in [0.1, 0.15) is 5.82 Å².